The number of hydrogen-bond donors (Lipinski definition) is 2. The van der Waals surface area contributed by atoms with Crippen LogP contribution in [0.4, 0.5) is 13.6 Å². The smallest absolute Gasteiger partial charge is 0.319 e. The summed E-state index contributed by atoms with van der Waals surface area (Å²) in [7, 11) is -1.44. The quantitative estimate of drug-likeness (QED) is 0.548. The molecule has 0 aliphatic carbocycles. The average Bonchev–Trinajstić information content (AvgIpc) is 2.63. The molecule has 0 saturated heterocycles. The number of ketones is 1. The first-order valence-corrected chi connectivity index (χ1v) is 11.4. The van der Waals surface area contributed by atoms with Crippen LogP contribution in [0.5, 0.6) is 0 Å². The number of hydrogen-bond acceptors (Lipinski definition) is 4. The molecule has 1 aromatic rings. The second-order valence-electron chi connectivity index (χ2n) is 6.91. The third-order valence-electron chi connectivity index (χ3n) is 4.94. The van der Waals surface area contributed by atoms with Crippen LogP contribution in [-0.4, -0.2) is 39.0 Å². The van der Waals surface area contributed by atoms with E-state index >= 15 is 0 Å². The second kappa shape index (κ2) is 8.42. The zero-order chi connectivity index (χ0) is 20.2. The van der Waals surface area contributed by atoms with Crippen LogP contribution in [0.3, 0.4) is 0 Å². The van der Waals surface area contributed by atoms with E-state index in [-0.39, 0.29) is 17.9 Å². The fourth-order valence-corrected chi connectivity index (χ4v) is 6.68. The van der Waals surface area contributed by atoms with Gasteiger partial charge in [0.25, 0.3) is 0 Å². The van der Waals surface area contributed by atoms with Gasteiger partial charge in [-0.05, 0) is 29.8 Å². The minimum absolute atomic E-state index is 0.0397. The fourth-order valence-electron chi connectivity index (χ4n) is 3.12. The Morgan fingerprint density at radius 3 is 2.59 bits per heavy atom. The Bertz CT molecular complexity index is 787. The van der Waals surface area contributed by atoms with Crippen LogP contribution < -0.4 is 10.6 Å². The van der Waals surface area contributed by atoms with Crippen molar-refractivity contribution in [2.24, 2.45) is 0 Å². The number of nitrogens with one attached hydrogen (secondary N) is 2. The van der Waals surface area contributed by atoms with Crippen LogP contribution in [0.25, 0.3) is 0 Å². The summed E-state index contributed by atoms with van der Waals surface area (Å²) < 4.78 is 31.6. The molecule has 2 N–H and O–H groups in total. The summed E-state index contributed by atoms with van der Waals surface area (Å²) in [5.74, 6) is -2.63. The number of rotatable bonds is 7. The van der Waals surface area contributed by atoms with Crippen molar-refractivity contribution in [2.45, 2.75) is 37.1 Å². The van der Waals surface area contributed by atoms with Crippen LogP contribution >= 0.6 is 0 Å². The molecule has 1 heterocycles. The number of halogens is 2. The molecule has 0 spiro atoms. The van der Waals surface area contributed by atoms with Crippen molar-refractivity contribution in [1.82, 2.24) is 10.6 Å². The van der Waals surface area contributed by atoms with E-state index in [4.69, 9.17) is 4.74 Å². The molecular formula is C18H22F2N2O4Si. The first-order valence-electron chi connectivity index (χ1n) is 8.44. The standard InChI is InChI=1S/C18H22F2N2O4Si/c1-11(17(24)15-6-7-21-18(25)22-15)27(3,10-16(23)26-2)9-12-4-5-13(19)14(20)8-12/h4-8,11,15H,9-10H2,1-3H3,(H2,21,22,25). The van der Waals surface area contributed by atoms with E-state index in [9.17, 15) is 23.2 Å². The van der Waals surface area contributed by atoms with Crippen molar-refractivity contribution < 1.29 is 27.9 Å². The summed E-state index contributed by atoms with van der Waals surface area (Å²) in [6.45, 7) is 3.56. The largest absolute Gasteiger partial charge is 0.469 e. The predicted octanol–water partition coefficient (Wildman–Crippen LogP) is 2.45. The predicted molar refractivity (Wildman–Crippen MR) is 97.5 cm³/mol. The van der Waals surface area contributed by atoms with Gasteiger partial charge in [-0.1, -0.05) is 19.5 Å². The summed E-state index contributed by atoms with van der Waals surface area (Å²) in [5.41, 5.74) is -0.0331. The molecule has 2 amide bonds. The highest BCUT2D eigenvalue weighted by atomic mass is 28.3. The topological polar surface area (TPSA) is 84.5 Å². The zero-order valence-electron chi connectivity index (χ0n) is 15.3. The van der Waals surface area contributed by atoms with Crippen LogP contribution in [0, 0.1) is 11.6 Å². The number of Topliss-reactive ketones (excluding diaryl/α,β-unsaturated/α-hetero) is 1. The van der Waals surface area contributed by atoms with Gasteiger partial charge in [0.1, 0.15) is 6.04 Å². The van der Waals surface area contributed by atoms with Gasteiger partial charge in [0, 0.05) is 17.8 Å². The molecule has 0 fully saturated rings. The molecule has 0 saturated carbocycles. The van der Waals surface area contributed by atoms with E-state index in [2.05, 4.69) is 10.6 Å². The maximum Gasteiger partial charge on any atom is 0.319 e. The highest BCUT2D eigenvalue weighted by Crippen LogP contribution is 2.32. The third kappa shape index (κ3) is 5.00. The van der Waals surface area contributed by atoms with Crippen LogP contribution in [0.15, 0.2) is 30.5 Å². The number of methoxy groups -OCH3 is 1. The fraction of sp³-hybridized carbons (Fsp3) is 0.389. The minimum atomic E-state index is -2.71. The first-order chi connectivity index (χ1) is 12.7. The number of urea groups is 1. The van der Waals surface area contributed by atoms with Crippen molar-refractivity contribution in [3.63, 3.8) is 0 Å². The normalized spacial score (nSPS) is 19.4. The Balaban J connectivity index is 2.30. The molecule has 3 unspecified atom stereocenters. The highest BCUT2D eigenvalue weighted by Gasteiger charge is 2.42. The molecule has 1 aliphatic rings. The molecule has 0 bridgehead atoms. The number of carbonyl (C=O) groups excluding carboxylic acids is 3. The van der Waals surface area contributed by atoms with Crippen molar-refractivity contribution in [1.29, 1.82) is 0 Å². The Kier molecular flexibility index (Phi) is 6.48. The van der Waals surface area contributed by atoms with Gasteiger partial charge in [-0.25, -0.2) is 13.6 Å². The molecule has 27 heavy (non-hydrogen) atoms. The summed E-state index contributed by atoms with van der Waals surface area (Å²) in [6.07, 6.45) is 2.92. The molecule has 0 radical (unpaired) electrons. The minimum Gasteiger partial charge on any atom is -0.469 e. The van der Waals surface area contributed by atoms with Crippen molar-refractivity contribution in [3.8, 4) is 0 Å². The van der Waals surface area contributed by atoms with Gasteiger partial charge >= 0.3 is 12.0 Å². The Labute approximate surface area is 157 Å². The lowest BCUT2D eigenvalue weighted by Gasteiger charge is -2.34. The van der Waals surface area contributed by atoms with Crippen LogP contribution in [0.1, 0.15) is 12.5 Å². The van der Waals surface area contributed by atoms with Gasteiger partial charge in [0.2, 0.25) is 0 Å². The van der Waals surface area contributed by atoms with E-state index in [1.807, 2.05) is 6.55 Å². The Hall–Kier alpha value is -2.55. The van der Waals surface area contributed by atoms with E-state index in [0.29, 0.717) is 5.56 Å². The van der Waals surface area contributed by atoms with Crippen molar-refractivity contribution >= 4 is 25.9 Å². The van der Waals surface area contributed by atoms with Gasteiger partial charge in [-0.15, -0.1) is 0 Å². The molecular weight excluding hydrogens is 374 g/mol. The Morgan fingerprint density at radius 1 is 1.30 bits per heavy atom. The summed E-state index contributed by atoms with van der Waals surface area (Å²) >= 11 is 0. The van der Waals surface area contributed by atoms with Crippen LogP contribution in [-0.2, 0) is 20.4 Å². The molecule has 146 valence electrons. The van der Waals surface area contributed by atoms with Gasteiger partial charge in [0.05, 0.1) is 15.2 Å². The zero-order valence-corrected chi connectivity index (χ0v) is 16.3. The molecule has 3 atom stereocenters. The first kappa shape index (κ1) is 20.8. The SMILES string of the molecule is COC(=O)C[Si](C)(Cc1ccc(F)c(F)c1)C(C)C(=O)C1C=CNC(=O)N1. The van der Waals surface area contributed by atoms with Gasteiger partial charge < -0.3 is 15.4 Å². The summed E-state index contributed by atoms with van der Waals surface area (Å²) in [5, 5.41) is 4.94. The Morgan fingerprint density at radius 2 is 2.00 bits per heavy atom. The molecule has 0 aromatic heterocycles. The number of ether oxygens (including phenoxy) is 1. The van der Waals surface area contributed by atoms with E-state index in [1.165, 1.54) is 25.5 Å². The van der Waals surface area contributed by atoms with Gasteiger partial charge in [-0.3, -0.25) is 9.59 Å². The van der Waals surface area contributed by atoms with Gasteiger partial charge in [0.15, 0.2) is 17.4 Å². The van der Waals surface area contributed by atoms with Crippen LogP contribution in [0.2, 0.25) is 18.1 Å². The lowest BCUT2D eigenvalue weighted by atomic mass is 10.1. The monoisotopic (exact) mass is 396 g/mol. The maximum atomic E-state index is 13.6. The third-order valence-corrected chi connectivity index (χ3v) is 9.62. The molecule has 9 heteroatoms. The van der Waals surface area contributed by atoms with E-state index in [0.717, 1.165) is 12.1 Å². The lowest BCUT2D eigenvalue weighted by Crippen LogP contribution is -2.52. The molecule has 2 rings (SSSR count). The number of carbonyl (C=O) groups is 3. The van der Waals surface area contributed by atoms with Crippen molar-refractivity contribution in [2.75, 3.05) is 7.11 Å². The highest BCUT2D eigenvalue weighted by molar-refractivity contribution is 6.84. The number of amides is 2. The summed E-state index contributed by atoms with van der Waals surface area (Å²) in [4.78, 5) is 36.4. The number of esters is 1. The summed E-state index contributed by atoms with van der Waals surface area (Å²) in [6, 6.07) is 2.60. The van der Waals surface area contributed by atoms with E-state index < -0.39 is 43.3 Å². The lowest BCUT2D eigenvalue weighted by molar-refractivity contribution is -0.138. The number of benzene rings is 1. The maximum absolute atomic E-state index is 13.6. The van der Waals surface area contributed by atoms with Gasteiger partial charge in [-0.2, -0.15) is 0 Å². The van der Waals surface area contributed by atoms with E-state index in [1.54, 1.807) is 6.92 Å². The molecule has 1 aromatic carbocycles. The molecule has 6 nitrogen and oxygen atoms in total. The van der Waals surface area contributed by atoms with Crippen molar-refractivity contribution in [3.05, 3.63) is 47.7 Å². The second-order valence-corrected chi connectivity index (χ2v) is 11.8. The molecule has 1 aliphatic heterocycles. The average molecular weight is 396 g/mol.